The first-order valence-electron chi connectivity index (χ1n) is 15.8. The fourth-order valence-corrected chi connectivity index (χ4v) is 6.25. The van der Waals surface area contributed by atoms with Crippen LogP contribution in [0, 0.1) is 0 Å². The number of nitrogens with zero attached hydrogens (tertiary/aromatic N) is 6. The molecule has 1 amide bonds. The average molecular weight is 633 g/mol. The molecule has 2 fully saturated rings. The van der Waals surface area contributed by atoms with Crippen molar-refractivity contribution in [3.63, 3.8) is 0 Å². The summed E-state index contributed by atoms with van der Waals surface area (Å²) in [5.74, 6) is 1.53. The molecule has 2 aliphatic heterocycles. The first-order chi connectivity index (χ1) is 23.0. The zero-order valence-electron chi connectivity index (χ0n) is 25.9. The van der Waals surface area contributed by atoms with E-state index in [-0.39, 0.29) is 23.3 Å². The van der Waals surface area contributed by atoms with Crippen LogP contribution < -0.4 is 16.0 Å². The van der Waals surface area contributed by atoms with Gasteiger partial charge in [0.1, 0.15) is 22.9 Å². The van der Waals surface area contributed by atoms with Gasteiger partial charge in [0, 0.05) is 56.2 Å². The Morgan fingerprint density at radius 1 is 1.00 bits per heavy atom. The summed E-state index contributed by atoms with van der Waals surface area (Å²) >= 11 is 0. The summed E-state index contributed by atoms with van der Waals surface area (Å²) < 4.78 is 7.60. The first kappa shape index (κ1) is 30.3. The second kappa shape index (κ2) is 13.2. The van der Waals surface area contributed by atoms with Crippen LogP contribution in [0.4, 0.5) is 11.6 Å². The quantitative estimate of drug-likeness (QED) is 0.215. The summed E-state index contributed by atoms with van der Waals surface area (Å²) in [6.45, 7) is 5.39. The Labute approximate surface area is 271 Å². The molecule has 2 saturated heterocycles. The van der Waals surface area contributed by atoms with Crippen LogP contribution in [0.5, 0.6) is 5.75 Å². The van der Waals surface area contributed by atoms with Crippen LogP contribution in [0.25, 0.3) is 28.2 Å². The number of rotatable bonds is 8. The number of aromatic hydroxyl groups is 1. The minimum Gasteiger partial charge on any atom is -0.507 e. The van der Waals surface area contributed by atoms with Gasteiger partial charge >= 0.3 is 0 Å². The van der Waals surface area contributed by atoms with Gasteiger partial charge in [-0.15, -0.1) is 0 Å². The maximum atomic E-state index is 12.7. The lowest BCUT2D eigenvalue weighted by Crippen LogP contribution is -2.44. The summed E-state index contributed by atoms with van der Waals surface area (Å²) in [6.07, 6.45) is 3.87. The third-order valence-corrected chi connectivity index (χ3v) is 8.85. The highest BCUT2D eigenvalue weighted by molar-refractivity contribution is 5.96. The number of piperidine rings is 1. The molecule has 5 aromatic rings. The molecule has 0 atom stereocenters. The number of anilines is 2. The fourth-order valence-electron chi connectivity index (χ4n) is 6.25. The number of benzene rings is 2. The topological polar surface area (TPSA) is 152 Å². The number of phenolic OH excluding ortho intramolecular Hbond substituents is 1. The number of ether oxygens (including phenoxy) is 1. The number of nitrogens with one attached hydrogen (secondary N) is 1. The number of nitrogens with two attached hydrogens (primary N) is 1. The lowest BCUT2D eigenvalue weighted by molar-refractivity contribution is 0.0908. The Morgan fingerprint density at radius 2 is 1.79 bits per heavy atom. The number of morpholine rings is 1. The highest BCUT2D eigenvalue weighted by atomic mass is 16.5. The van der Waals surface area contributed by atoms with Gasteiger partial charge in [-0.2, -0.15) is 0 Å². The normalized spacial score (nSPS) is 16.0. The zero-order chi connectivity index (χ0) is 32.3. The number of imidazole rings is 1. The number of amides is 1. The molecule has 5 heterocycles. The summed E-state index contributed by atoms with van der Waals surface area (Å²) in [7, 11) is 0. The van der Waals surface area contributed by atoms with Gasteiger partial charge < -0.3 is 25.8 Å². The molecule has 0 spiro atoms. The van der Waals surface area contributed by atoms with Crippen LogP contribution in [0.3, 0.4) is 0 Å². The molecule has 0 saturated carbocycles. The Kier molecular flexibility index (Phi) is 8.51. The highest BCUT2D eigenvalue weighted by Gasteiger charge is 2.23. The van der Waals surface area contributed by atoms with Crippen LogP contribution in [0.2, 0.25) is 0 Å². The number of nitrogen functional groups attached to an aromatic ring is 1. The number of carbonyl (C=O) groups excluding carboxylic acids is 2. The van der Waals surface area contributed by atoms with E-state index in [0.717, 1.165) is 73.8 Å². The number of carbonyl (C=O) groups is 2. The lowest BCUT2D eigenvalue weighted by Gasteiger charge is -2.32. The van der Waals surface area contributed by atoms with Crippen LogP contribution in [0.1, 0.15) is 39.1 Å². The molecule has 7 rings (SSSR count). The molecule has 2 aliphatic rings. The summed E-state index contributed by atoms with van der Waals surface area (Å²) in [6, 6.07) is 20.6. The maximum absolute atomic E-state index is 12.7. The van der Waals surface area contributed by atoms with E-state index >= 15 is 0 Å². The number of aromatic nitrogens is 4. The van der Waals surface area contributed by atoms with Gasteiger partial charge in [-0.05, 0) is 73.0 Å². The molecular weight excluding hydrogens is 596 g/mol. The lowest BCUT2D eigenvalue weighted by atomic mass is 10.0. The van der Waals surface area contributed by atoms with Gasteiger partial charge in [-0.1, -0.05) is 12.1 Å². The minimum absolute atomic E-state index is 0.0386. The van der Waals surface area contributed by atoms with Crippen molar-refractivity contribution < 1.29 is 19.4 Å². The molecule has 240 valence electrons. The maximum Gasteiger partial charge on any atom is 0.251 e. The molecule has 0 aliphatic carbocycles. The van der Waals surface area contributed by atoms with Crippen molar-refractivity contribution in [2.24, 2.45) is 0 Å². The molecule has 0 unspecified atom stereocenters. The van der Waals surface area contributed by atoms with Gasteiger partial charge in [0.25, 0.3) is 5.91 Å². The van der Waals surface area contributed by atoms with E-state index in [9.17, 15) is 14.7 Å². The standard InChI is InChI=1S/C35H36N8O4/c36-32-28(2-1-13-37-32)33-39-29-9-10-31(42-16-18-47-19-17-42)40-34(29)43(33)27-7-3-23(4-8-27)21-41-14-11-26(12-15-41)38-35(46)24-5-6-25(22-44)30(45)20-24/h1-10,13,20,22,26,45H,11-12,14-19,21H2,(H2,36,37)(H,38,46). The fraction of sp³-hybridized carbons (Fsp3) is 0.286. The van der Waals surface area contributed by atoms with Crippen LogP contribution in [0.15, 0.2) is 72.9 Å². The molecule has 0 bridgehead atoms. The first-order valence-corrected chi connectivity index (χ1v) is 15.8. The average Bonchev–Trinajstić information content (AvgIpc) is 3.48. The van der Waals surface area contributed by atoms with Gasteiger partial charge in [0.2, 0.25) is 0 Å². The van der Waals surface area contributed by atoms with E-state index in [0.29, 0.717) is 36.7 Å². The van der Waals surface area contributed by atoms with Crippen molar-refractivity contribution in [1.82, 2.24) is 29.7 Å². The third-order valence-electron chi connectivity index (χ3n) is 8.85. The molecule has 12 nitrogen and oxygen atoms in total. The molecule has 4 N–H and O–H groups in total. The van der Waals surface area contributed by atoms with Crippen LogP contribution in [-0.4, -0.2) is 87.2 Å². The van der Waals surface area contributed by atoms with Gasteiger partial charge in [-0.3, -0.25) is 19.1 Å². The van der Waals surface area contributed by atoms with E-state index in [1.807, 2.05) is 24.3 Å². The molecule has 0 radical (unpaired) electrons. The molecule has 47 heavy (non-hydrogen) atoms. The monoisotopic (exact) mass is 632 g/mol. The number of aldehydes is 1. The van der Waals surface area contributed by atoms with Crippen LogP contribution >= 0.6 is 0 Å². The van der Waals surface area contributed by atoms with E-state index in [2.05, 4.69) is 48.9 Å². The van der Waals surface area contributed by atoms with E-state index < -0.39 is 0 Å². The van der Waals surface area contributed by atoms with E-state index in [1.165, 1.54) is 17.7 Å². The predicted octanol–water partition coefficient (Wildman–Crippen LogP) is 3.81. The highest BCUT2D eigenvalue weighted by Crippen LogP contribution is 2.32. The van der Waals surface area contributed by atoms with E-state index in [1.54, 1.807) is 12.3 Å². The van der Waals surface area contributed by atoms with Crippen molar-refractivity contribution in [3.05, 3.63) is 89.6 Å². The second-order valence-corrected chi connectivity index (χ2v) is 11.9. The smallest absolute Gasteiger partial charge is 0.251 e. The van der Waals surface area contributed by atoms with Crippen LogP contribution in [-0.2, 0) is 11.3 Å². The minimum atomic E-state index is -0.252. The molecule has 2 aromatic carbocycles. The number of likely N-dealkylation sites (tertiary alicyclic amines) is 1. The van der Waals surface area contributed by atoms with Crippen molar-refractivity contribution in [2.45, 2.75) is 25.4 Å². The van der Waals surface area contributed by atoms with Crippen molar-refractivity contribution >= 4 is 35.0 Å². The molecule has 12 heteroatoms. The Morgan fingerprint density at radius 3 is 2.51 bits per heavy atom. The number of phenols is 1. The Hall–Kier alpha value is -5.33. The third kappa shape index (κ3) is 6.38. The second-order valence-electron chi connectivity index (χ2n) is 11.9. The molecular formula is C35H36N8O4. The van der Waals surface area contributed by atoms with Gasteiger partial charge in [0.15, 0.2) is 17.8 Å². The number of hydrogen-bond donors (Lipinski definition) is 3. The summed E-state index contributed by atoms with van der Waals surface area (Å²) in [5, 5.41) is 13.0. The van der Waals surface area contributed by atoms with Crippen molar-refractivity contribution in [2.75, 3.05) is 50.0 Å². The Bertz CT molecular complexity index is 1910. The van der Waals surface area contributed by atoms with Crippen molar-refractivity contribution in [3.8, 4) is 22.8 Å². The zero-order valence-corrected chi connectivity index (χ0v) is 25.9. The molecule has 3 aromatic heterocycles. The predicted molar refractivity (Wildman–Crippen MR) is 179 cm³/mol. The SMILES string of the molecule is Nc1ncccc1-c1nc2ccc(N3CCOCC3)nc2n1-c1ccc(CN2CCC(NC(=O)c3ccc(C=O)c(O)c3)CC2)cc1. The van der Waals surface area contributed by atoms with Gasteiger partial charge in [-0.25, -0.2) is 15.0 Å². The van der Waals surface area contributed by atoms with Crippen molar-refractivity contribution in [1.29, 1.82) is 0 Å². The summed E-state index contributed by atoms with van der Waals surface area (Å²) in [4.78, 5) is 42.6. The van der Waals surface area contributed by atoms with E-state index in [4.69, 9.17) is 20.4 Å². The Balaban J connectivity index is 1.07. The largest absolute Gasteiger partial charge is 0.507 e. The number of fused-ring (bicyclic) bond motifs is 1. The van der Waals surface area contributed by atoms with Gasteiger partial charge in [0.05, 0.1) is 24.3 Å². The number of hydrogen-bond acceptors (Lipinski definition) is 10. The number of pyridine rings is 2. The summed E-state index contributed by atoms with van der Waals surface area (Å²) in [5.41, 5.74) is 11.2.